The van der Waals surface area contributed by atoms with E-state index in [9.17, 15) is 4.79 Å². The van der Waals surface area contributed by atoms with Gasteiger partial charge in [0.15, 0.2) is 0 Å². The van der Waals surface area contributed by atoms with Crippen molar-refractivity contribution in [1.29, 1.82) is 0 Å². The van der Waals surface area contributed by atoms with Crippen molar-refractivity contribution in [2.24, 2.45) is 0 Å². The number of pyridine rings is 1. The van der Waals surface area contributed by atoms with Gasteiger partial charge in [0.1, 0.15) is 0 Å². The van der Waals surface area contributed by atoms with Gasteiger partial charge in [-0.2, -0.15) is 0 Å². The molecule has 132 valence electrons. The second-order valence-electron chi connectivity index (χ2n) is 6.97. The minimum absolute atomic E-state index is 0.0238. The summed E-state index contributed by atoms with van der Waals surface area (Å²) in [6.07, 6.45) is 5.71. The molecule has 0 bridgehead atoms. The lowest BCUT2D eigenvalue weighted by Gasteiger charge is -2.29. The summed E-state index contributed by atoms with van der Waals surface area (Å²) >= 11 is 0. The van der Waals surface area contributed by atoms with Gasteiger partial charge in [0.25, 0.3) is 0 Å². The minimum Gasteiger partial charge on any atom is -0.325 e. The molecule has 1 aliphatic carbocycles. The number of carbonyl (C=O) groups excluding carboxylic acids is 1. The summed E-state index contributed by atoms with van der Waals surface area (Å²) in [4.78, 5) is 18.8. The maximum Gasteiger partial charge on any atom is 0.238 e. The Balaban J connectivity index is 1.50. The first-order valence-electron chi connectivity index (χ1n) is 9.15. The van der Waals surface area contributed by atoms with Gasteiger partial charge < -0.3 is 5.32 Å². The Labute approximate surface area is 153 Å². The molecule has 1 aromatic heterocycles. The van der Waals surface area contributed by atoms with E-state index >= 15 is 0 Å². The molecular formula is C22H23N3O. The zero-order chi connectivity index (χ0) is 17.9. The molecule has 1 fully saturated rings. The van der Waals surface area contributed by atoms with Gasteiger partial charge in [-0.1, -0.05) is 36.4 Å². The lowest BCUT2D eigenvalue weighted by atomic mass is 10.0. The van der Waals surface area contributed by atoms with Crippen LogP contribution in [-0.4, -0.2) is 28.4 Å². The number of fused-ring (bicyclic) bond motifs is 1. The Kier molecular flexibility index (Phi) is 4.67. The highest BCUT2D eigenvalue weighted by Gasteiger charge is 2.34. The van der Waals surface area contributed by atoms with Crippen molar-refractivity contribution >= 4 is 22.4 Å². The van der Waals surface area contributed by atoms with Crippen LogP contribution in [0.15, 0.2) is 67.0 Å². The topological polar surface area (TPSA) is 45.2 Å². The van der Waals surface area contributed by atoms with Gasteiger partial charge >= 0.3 is 0 Å². The molecule has 26 heavy (non-hydrogen) atoms. The van der Waals surface area contributed by atoms with Crippen LogP contribution in [0.2, 0.25) is 0 Å². The second kappa shape index (κ2) is 7.26. The summed E-state index contributed by atoms with van der Waals surface area (Å²) in [6, 6.07) is 19.3. The number of carbonyl (C=O) groups is 1. The third-order valence-corrected chi connectivity index (χ3v) is 5.06. The lowest BCUT2D eigenvalue weighted by molar-refractivity contribution is -0.118. The summed E-state index contributed by atoms with van der Waals surface area (Å²) in [5.74, 6) is 0.0238. The molecule has 4 rings (SSSR count). The van der Waals surface area contributed by atoms with Crippen molar-refractivity contribution in [2.75, 3.05) is 11.9 Å². The molecule has 0 aliphatic heterocycles. The third-order valence-electron chi connectivity index (χ3n) is 5.06. The minimum atomic E-state index is 0.0238. The molecule has 2 aromatic carbocycles. The van der Waals surface area contributed by atoms with Crippen LogP contribution in [0.3, 0.4) is 0 Å². The number of nitrogens with zero attached hydrogens (tertiary/aromatic N) is 2. The largest absolute Gasteiger partial charge is 0.325 e. The molecule has 1 saturated carbocycles. The van der Waals surface area contributed by atoms with E-state index in [1.807, 2.05) is 12.1 Å². The van der Waals surface area contributed by atoms with Gasteiger partial charge in [0.05, 0.1) is 6.54 Å². The molecule has 1 aliphatic rings. The molecule has 4 heteroatoms. The van der Waals surface area contributed by atoms with Gasteiger partial charge in [-0.05, 0) is 54.3 Å². The Morgan fingerprint density at radius 3 is 2.58 bits per heavy atom. The molecule has 0 spiro atoms. The average Bonchev–Trinajstić information content (AvgIpc) is 3.51. The number of rotatable bonds is 6. The zero-order valence-electron chi connectivity index (χ0n) is 14.9. The maximum atomic E-state index is 12.5. The Hall–Kier alpha value is -2.72. The van der Waals surface area contributed by atoms with Crippen LogP contribution in [0.1, 0.15) is 31.4 Å². The Morgan fingerprint density at radius 1 is 1.12 bits per heavy atom. The van der Waals surface area contributed by atoms with Crippen molar-refractivity contribution in [2.45, 2.75) is 31.8 Å². The highest BCUT2D eigenvalue weighted by atomic mass is 16.2. The fourth-order valence-corrected chi connectivity index (χ4v) is 3.45. The van der Waals surface area contributed by atoms with Crippen LogP contribution in [0.4, 0.5) is 5.69 Å². The molecular weight excluding hydrogens is 322 g/mol. The van der Waals surface area contributed by atoms with E-state index in [1.54, 1.807) is 12.4 Å². The van der Waals surface area contributed by atoms with Crippen molar-refractivity contribution in [3.8, 4) is 0 Å². The summed E-state index contributed by atoms with van der Waals surface area (Å²) in [5, 5.41) is 5.46. The Morgan fingerprint density at radius 2 is 1.85 bits per heavy atom. The number of benzene rings is 2. The van der Waals surface area contributed by atoms with Gasteiger partial charge in [-0.25, -0.2) is 0 Å². The monoisotopic (exact) mass is 345 g/mol. The van der Waals surface area contributed by atoms with Gasteiger partial charge in [-0.3, -0.25) is 14.7 Å². The Bertz CT molecular complexity index is 905. The molecule has 4 nitrogen and oxygen atoms in total. The standard InChI is InChI=1S/C22H23N3O/c1-16(18-7-6-17-4-2-3-5-19(17)14-18)25(21-8-9-21)15-22(26)24-20-10-12-23-13-11-20/h2-7,10-14,16,21H,8-9,15H2,1H3,(H,23,24,26). The quantitative estimate of drug-likeness (QED) is 0.720. The highest BCUT2D eigenvalue weighted by Crippen LogP contribution is 2.34. The molecule has 0 radical (unpaired) electrons. The number of aromatic nitrogens is 1. The molecule has 1 heterocycles. The summed E-state index contributed by atoms with van der Waals surface area (Å²) in [7, 11) is 0. The number of hydrogen-bond donors (Lipinski definition) is 1. The normalized spacial score (nSPS) is 15.2. The predicted molar refractivity (Wildman–Crippen MR) is 105 cm³/mol. The van der Waals surface area contributed by atoms with Gasteiger partial charge in [-0.15, -0.1) is 0 Å². The van der Waals surface area contributed by atoms with Crippen LogP contribution in [0.25, 0.3) is 10.8 Å². The van der Waals surface area contributed by atoms with E-state index in [1.165, 1.54) is 29.2 Å². The first-order chi connectivity index (χ1) is 12.7. The number of anilines is 1. The predicted octanol–water partition coefficient (Wildman–Crippen LogP) is 4.40. The fraction of sp³-hybridized carbons (Fsp3) is 0.273. The van der Waals surface area contributed by atoms with Crippen molar-refractivity contribution < 1.29 is 4.79 Å². The van der Waals surface area contributed by atoms with Crippen molar-refractivity contribution in [3.05, 3.63) is 72.6 Å². The SMILES string of the molecule is CC(c1ccc2ccccc2c1)N(CC(=O)Nc1ccncc1)C1CC1. The molecule has 1 amide bonds. The van der Waals surface area contributed by atoms with Crippen molar-refractivity contribution in [3.63, 3.8) is 0 Å². The number of nitrogens with one attached hydrogen (secondary N) is 1. The van der Waals surface area contributed by atoms with Gasteiger partial charge in [0, 0.05) is 30.2 Å². The van der Waals surface area contributed by atoms with E-state index in [0.717, 1.165) is 5.69 Å². The second-order valence-corrected chi connectivity index (χ2v) is 6.97. The summed E-state index contributed by atoms with van der Waals surface area (Å²) in [5.41, 5.74) is 2.05. The van der Waals surface area contributed by atoms with Crippen LogP contribution in [0.5, 0.6) is 0 Å². The maximum absolute atomic E-state index is 12.5. The highest BCUT2D eigenvalue weighted by molar-refractivity contribution is 5.92. The zero-order valence-corrected chi connectivity index (χ0v) is 14.9. The molecule has 0 saturated heterocycles. The lowest BCUT2D eigenvalue weighted by Crippen LogP contribution is -2.36. The van der Waals surface area contributed by atoms with Crippen molar-refractivity contribution in [1.82, 2.24) is 9.88 Å². The van der Waals surface area contributed by atoms with Crippen LogP contribution in [0, 0.1) is 0 Å². The third kappa shape index (κ3) is 3.75. The van der Waals surface area contributed by atoms with Crippen LogP contribution >= 0.6 is 0 Å². The van der Waals surface area contributed by atoms with E-state index < -0.39 is 0 Å². The van der Waals surface area contributed by atoms with E-state index in [0.29, 0.717) is 12.6 Å². The molecule has 1 N–H and O–H groups in total. The molecule has 1 atom stereocenters. The van der Waals surface area contributed by atoms with E-state index in [-0.39, 0.29) is 11.9 Å². The first kappa shape index (κ1) is 16.7. The first-order valence-corrected chi connectivity index (χ1v) is 9.15. The molecule has 1 unspecified atom stereocenters. The van der Waals surface area contributed by atoms with E-state index in [2.05, 4.69) is 64.6 Å². The van der Waals surface area contributed by atoms with Crippen LogP contribution in [-0.2, 0) is 4.79 Å². The van der Waals surface area contributed by atoms with Gasteiger partial charge in [0.2, 0.25) is 5.91 Å². The number of amides is 1. The fourth-order valence-electron chi connectivity index (χ4n) is 3.45. The molecule has 3 aromatic rings. The smallest absolute Gasteiger partial charge is 0.238 e. The van der Waals surface area contributed by atoms with Crippen LogP contribution < -0.4 is 5.32 Å². The summed E-state index contributed by atoms with van der Waals surface area (Å²) < 4.78 is 0. The number of hydrogen-bond acceptors (Lipinski definition) is 3. The van der Waals surface area contributed by atoms with E-state index in [4.69, 9.17) is 0 Å². The average molecular weight is 345 g/mol. The summed E-state index contributed by atoms with van der Waals surface area (Å²) in [6.45, 7) is 2.60.